The Balaban J connectivity index is 1.28. The van der Waals surface area contributed by atoms with Crippen LogP contribution < -0.4 is 4.74 Å². The number of aliphatic hydroxyl groups is 1. The first-order valence-corrected chi connectivity index (χ1v) is 18.4. The molecule has 47 heavy (non-hydrogen) atoms. The Labute approximate surface area is 285 Å². The van der Waals surface area contributed by atoms with Gasteiger partial charge < -0.3 is 14.6 Å². The maximum Gasteiger partial charge on any atom is 0.143 e. The fourth-order valence-electron chi connectivity index (χ4n) is 6.60. The van der Waals surface area contributed by atoms with Crippen molar-refractivity contribution in [1.82, 2.24) is 0 Å². The zero-order valence-electron chi connectivity index (χ0n) is 29.0. The molecule has 1 atom stereocenters. The van der Waals surface area contributed by atoms with Crippen molar-refractivity contribution in [1.29, 1.82) is 0 Å². The Morgan fingerprint density at radius 1 is 0.553 bits per heavy atom. The summed E-state index contributed by atoms with van der Waals surface area (Å²) in [6.45, 7) is 4.74. The van der Waals surface area contributed by atoms with Gasteiger partial charge in [0.05, 0.1) is 6.61 Å². The topological polar surface area (TPSA) is 38.7 Å². The van der Waals surface area contributed by atoms with Gasteiger partial charge in [0.2, 0.25) is 0 Å². The summed E-state index contributed by atoms with van der Waals surface area (Å²) in [7, 11) is 0. The van der Waals surface area contributed by atoms with E-state index in [9.17, 15) is 5.11 Å². The van der Waals surface area contributed by atoms with Gasteiger partial charge in [0, 0.05) is 0 Å². The molecule has 0 amide bonds. The largest absolute Gasteiger partial charge is 0.491 e. The molecule has 0 heterocycles. The van der Waals surface area contributed by atoms with E-state index in [1.807, 2.05) is 54.6 Å². The zero-order chi connectivity index (χ0) is 33.0. The van der Waals surface area contributed by atoms with E-state index in [4.69, 9.17) is 9.47 Å². The van der Waals surface area contributed by atoms with E-state index in [-0.39, 0.29) is 13.2 Å². The molecule has 252 valence electrons. The van der Waals surface area contributed by atoms with Crippen molar-refractivity contribution >= 4 is 0 Å². The molecule has 4 aromatic carbocycles. The van der Waals surface area contributed by atoms with Crippen molar-refractivity contribution in [2.24, 2.45) is 0 Å². The molecule has 0 fully saturated rings. The smallest absolute Gasteiger partial charge is 0.143 e. The lowest BCUT2D eigenvalue weighted by molar-refractivity contribution is -0.0494. The van der Waals surface area contributed by atoms with Crippen LogP contribution in [0.1, 0.15) is 119 Å². The van der Waals surface area contributed by atoms with E-state index < -0.39 is 11.7 Å². The van der Waals surface area contributed by atoms with Crippen LogP contribution in [0.5, 0.6) is 5.75 Å². The van der Waals surface area contributed by atoms with Gasteiger partial charge in [-0.25, -0.2) is 0 Å². The molecule has 0 aromatic heterocycles. The molecule has 0 bridgehead atoms. The third-order valence-corrected chi connectivity index (χ3v) is 9.29. The standard InChI is InChI=1S/C44H58O3/c1-3-5-6-7-8-9-10-11-12-13-14-18-25-37-32-33-43(38(4-2)34-37)46-35-42(45)36-47-44(39-26-19-15-20-27-39,40-28-21-16-22-29-40)41-30-23-17-24-31-41/h15-17,19-24,26-34,42,45H,3-14,18,25,35-36H2,1-2H3. The van der Waals surface area contributed by atoms with Crippen molar-refractivity contribution in [3.8, 4) is 5.75 Å². The van der Waals surface area contributed by atoms with Gasteiger partial charge in [0.1, 0.15) is 24.1 Å². The SMILES string of the molecule is CCCCCCCCCCCCCCc1ccc(OCC(O)COC(c2ccccc2)(c2ccccc2)c2ccccc2)c(CC)c1. The molecule has 0 spiro atoms. The normalized spacial score (nSPS) is 12.2. The number of rotatable bonds is 23. The molecule has 0 saturated carbocycles. The Morgan fingerprint density at radius 2 is 1.02 bits per heavy atom. The summed E-state index contributed by atoms with van der Waals surface area (Å²) in [6.07, 6.45) is 17.7. The van der Waals surface area contributed by atoms with E-state index in [0.717, 1.165) is 35.3 Å². The van der Waals surface area contributed by atoms with Crippen LogP contribution in [-0.2, 0) is 23.2 Å². The highest BCUT2D eigenvalue weighted by atomic mass is 16.5. The highest BCUT2D eigenvalue weighted by Crippen LogP contribution is 2.40. The minimum absolute atomic E-state index is 0.122. The van der Waals surface area contributed by atoms with Gasteiger partial charge in [0.25, 0.3) is 0 Å². The molecular weight excluding hydrogens is 576 g/mol. The van der Waals surface area contributed by atoms with Gasteiger partial charge in [0.15, 0.2) is 0 Å². The lowest BCUT2D eigenvalue weighted by Crippen LogP contribution is -2.37. The number of hydrogen-bond donors (Lipinski definition) is 1. The van der Waals surface area contributed by atoms with Crippen LogP contribution in [0.2, 0.25) is 0 Å². The minimum Gasteiger partial charge on any atom is -0.491 e. The van der Waals surface area contributed by atoms with Crippen LogP contribution in [0.4, 0.5) is 0 Å². The molecule has 0 aliphatic heterocycles. The average molecular weight is 635 g/mol. The van der Waals surface area contributed by atoms with Crippen molar-refractivity contribution in [3.63, 3.8) is 0 Å². The first-order valence-electron chi connectivity index (χ1n) is 18.4. The summed E-state index contributed by atoms with van der Waals surface area (Å²) in [5, 5.41) is 11.2. The van der Waals surface area contributed by atoms with Crippen LogP contribution in [-0.4, -0.2) is 24.4 Å². The molecule has 0 radical (unpaired) electrons. The monoisotopic (exact) mass is 634 g/mol. The maximum absolute atomic E-state index is 11.2. The second-order valence-corrected chi connectivity index (χ2v) is 13.0. The van der Waals surface area contributed by atoms with Crippen LogP contribution in [0.3, 0.4) is 0 Å². The summed E-state index contributed by atoms with van der Waals surface area (Å²) >= 11 is 0. The van der Waals surface area contributed by atoms with E-state index in [0.29, 0.717) is 0 Å². The second kappa shape index (κ2) is 20.8. The predicted octanol–water partition coefficient (Wildman–Crippen LogP) is 11.2. The Hall–Kier alpha value is -3.40. The van der Waals surface area contributed by atoms with E-state index in [1.54, 1.807) is 0 Å². The molecule has 1 unspecified atom stereocenters. The fourth-order valence-corrected chi connectivity index (χ4v) is 6.60. The first kappa shape index (κ1) is 36.4. The average Bonchev–Trinajstić information content (AvgIpc) is 3.13. The quantitative estimate of drug-likeness (QED) is 0.0652. The lowest BCUT2D eigenvalue weighted by Gasteiger charge is -2.36. The number of ether oxygens (including phenoxy) is 2. The highest BCUT2D eigenvalue weighted by Gasteiger charge is 2.38. The summed E-state index contributed by atoms with van der Waals surface area (Å²) in [5.41, 5.74) is 4.76. The van der Waals surface area contributed by atoms with E-state index in [1.165, 1.54) is 88.2 Å². The molecule has 0 saturated heterocycles. The first-order chi connectivity index (χ1) is 23.2. The van der Waals surface area contributed by atoms with Gasteiger partial charge in [-0.3, -0.25) is 0 Å². The molecule has 1 N–H and O–H groups in total. The van der Waals surface area contributed by atoms with Crippen LogP contribution in [0, 0.1) is 0 Å². The van der Waals surface area contributed by atoms with Gasteiger partial charge >= 0.3 is 0 Å². The summed E-state index contributed by atoms with van der Waals surface area (Å²) in [6, 6.07) is 37.4. The van der Waals surface area contributed by atoms with Crippen LogP contribution >= 0.6 is 0 Å². The van der Waals surface area contributed by atoms with Crippen LogP contribution in [0.25, 0.3) is 0 Å². The number of benzene rings is 4. The molecule has 3 heteroatoms. The Morgan fingerprint density at radius 3 is 1.49 bits per heavy atom. The van der Waals surface area contributed by atoms with E-state index >= 15 is 0 Å². The van der Waals surface area contributed by atoms with Crippen molar-refractivity contribution in [3.05, 3.63) is 137 Å². The number of unbranched alkanes of at least 4 members (excludes halogenated alkanes) is 11. The minimum atomic E-state index is -0.866. The van der Waals surface area contributed by atoms with Gasteiger partial charge in [-0.15, -0.1) is 0 Å². The molecule has 0 aliphatic carbocycles. The van der Waals surface area contributed by atoms with Gasteiger partial charge in [-0.1, -0.05) is 188 Å². The third-order valence-electron chi connectivity index (χ3n) is 9.29. The van der Waals surface area contributed by atoms with Crippen LogP contribution in [0.15, 0.2) is 109 Å². The van der Waals surface area contributed by atoms with E-state index in [2.05, 4.69) is 68.4 Å². The second-order valence-electron chi connectivity index (χ2n) is 13.0. The summed E-state index contributed by atoms with van der Waals surface area (Å²) < 4.78 is 13.0. The maximum atomic E-state index is 11.2. The van der Waals surface area contributed by atoms with Crippen molar-refractivity contribution < 1.29 is 14.6 Å². The molecule has 4 rings (SSSR count). The fraction of sp³-hybridized carbons (Fsp3) is 0.455. The highest BCUT2D eigenvalue weighted by molar-refractivity contribution is 5.47. The number of hydrogen-bond acceptors (Lipinski definition) is 3. The van der Waals surface area contributed by atoms with Gasteiger partial charge in [-0.2, -0.15) is 0 Å². The Bertz CT molecular complexity index is 1270. The Kier molecular flexibility index (Phi) is 16.1. The molecule has 3 nitrogen and oxygen atoms in total. The third kappa shape index (κ3) is 11.4. The van der Waals surface area contributed by atoms with Gasteiger partial charge in [-0.05, 0) is 53.1 Å². The molecule has 4 aromatic rings. The summed E-state index contributed by atoms with van der Waals surface area (Å²) in [5.74, 6) is 0.852. The predicted molar refractivity (Wildman–Crippen MR) is 197 cm³/mol. The summed E-state index contributed by atoms with van der Waals surface area (Å²) in [4.78, 5) is 0. The lowest BCUT2D eigenvalue weighted by atomic mass is 9.80. The number of aryl methyl sites for hydroxylation is 2. The van der Waals surface area contributed by atoms with Crippen molar-refractivity contribution in [2.75, 3.05) is 13.2 Å². The number of aliphatic hydroxyl groups excluding tert-OH is 1. The molecule has 0 aliphatic rings. The zero-order valence-corrected chi connectivity index (χ0v) is 29.0. The van der Waals surface area contributed by atoms with Crippen molar-refractivity contribution in [2.45, 2.75) is 115 Å². The molecular formula is C44H58O3.